The van der Waals surface area contributed by atoms with E-state index in [1.807, 2.05) is 0 Å². The van der Waals surface area contributed by atoms with Crippen LogP contribution in [0.5, 0.6) is 0 Å². The van der Waals surface area contributed by atoms with Gasteiger partial charge in [-0.25, -0.2) is 8.42 Å². The van der Waals surface area contributed by atoms with Crippen molar-refractivity contribution in [3.05, 3.63) is 28.7 Å². The van der Waals surface area contributed by atoms with Crippen molar-refractivity contribution in [3.63, 3.8) is 0 Å². The molecule has 0 saturated heterocycles. The molecular formula is C11H11BrO3S. The number of hydrogen-bond donors (Lipinski definition) is 0. The van der Waals surface area contributed by atoms with Crippen molar-refractivity contribution in [1.82, 2.24) is 0 Å². The van der Waals surface area contributed by atoms with Gasteiger partial charge in [-0.15, -0.1) is 0 Å². The van der Waals surface area contributed by atoms with Gasteiger partial charge in [0.05, 0.1) is 4.90 Å². The first-order chi connectivity index (χ1) is 7.53. The molecule has 0 spiro atoms. The van der Waals surface area contributed by atoms with Crippen LogP contribution in [0.4, 0.5) is 0 Å². The minimum atomic E-state index is -3.51. The van der Waals surface area contributed by atoms with E-state index in [9.17, 15) is 13.2 Å². The second kappa shape index (κ2) is 4.30. The van der Waals surface area contributed by atoms with Crippen LogP contribution in [0.2, 0.25) is 0 Å². The van der Waals surface area contributed by atoms with Gasteiger partial charge in [0.1, 0.15) is 5.25 Å². The molecular weight excluding hydrogens is 292 g/mol. The van der Waals surface area contributed by atoms with Gasteiger partial charge in [-0.3, -0.25) is 4.79 Å². The maximum atomic E-state index is 12.2. The Hall–Kier alpha value is -0.680. The molecule has 0 N–H and O–H groups in total. The van der Waals surface area contributed by atoms with Gasteiger partial charge in [0, 0.05) is 10.9 Å². The van der Waals surface area contributed by atoms with Gasteiger partial charge in [0.2, 0.25) is 0 Å². The predicted molar refractivity (Wildman–Crippen MR) is 64.0 cm³/mol. The van der Waals surface area contributed by atoms with Crippen molar-refractivity contribution in [2.45, 2.75) is 29.4 Å². The summed E-state index contributed by atoms with van der Waals surface area (Å²) in [5.74, 6) is -0.157. The van der Waals surface area contributed by atoms with Crippen LogP contribution >= 0.6 is 15.9 Å². The van der Waals surface area contributed by atoms with Crippen molar-refractivity contribution < 1.29 is 13.2 Å². The number of hydrogen-bond acceptors (Lipinski definition) is 3. The highest BCUT2D eigenvalue weighted by Crippen LogP contribution is 2.30. The molecule has 1 atom stereocenters. The Kier molecular flexibility index (Phi) is 3.17. The summed E-state index contributed by atoms with van der Waals surface area (Å²) >= 11 is 3.21. The predicted octanol–water partition coefficient (Wildman–Crippen LogP) is 2.34. The Morgan fingerprint density at radius 2 is 1.94 bits per heavy atom. The Morgan fingerprint density at radius 3 is 2.50 bits per heavy atom. The van der Waals surface area contributed by atoms with Crippen LogP contribution in [0, 0.1) is 0 Å². The molecule has 0 radical (unpaired) electrons. The highest BCUT2D eigenvalue weighted by molar-refractivity contribution is 9.10. The monoisotopic (exact) mass is 302 g/mol. The van der Waals surface area contributed by atoms with Crippen LogP contribution in [-0.4, -0.2) is 19.5 Å². The first-order valence-corrected chi connectivity index (χ1v) is 7.38. The lowest BCUT2D eigenvalue weighted by Gasteiger charge is -2.11. The van der Waals surface area contributed by atoms with Crippen molar-refractivity contribution in [1.29, 1.82) is 0 Å². The van der Waals surface area contributed by atoms with E-state index in [2.05, 4.69) is 15.9 Å². The standard InChI is InChI=1S/C11H11BrO3S/c12-8-4-1-2-6-10(8)16(14,15)11-7-3-5-9(11)13/h1-2,4,6,11H,3,5,7H2. The largest absolute Gasteiger partial charge is 0.298 e. The summed E-state index contributed by atoms with van der Waals surface area (Å²) in [5.41, 5.74) is 0. The fourth-order valence-electron chi connectivity index (χ4n) is 1.94. The fraction of sp³-hybridized carbons (Fsp3) is 0.364. The van der Waals surface area contributed by atoms with Crippen LogP contribution in [-0.2, 0) is 14.6 Å². The number of carbonyl (C=O) groups is 1. The van der Waals surface area contributed by atoms with Gasteiger partial charge in [-0.05, 0) is 40.9 Å². The topological polar surface area (TPSA) is 51.2 Å². The highest BCUT2D eigenvalue weighted by atomic mass is 79.9. The quantitative estimate of drug-likeness (QED) is 0.842. The Labute approximate surface area is 103 Å². The lowest BCUT2D eigenvalue weighted by molar-refractivity contribution is -0.117. The van der Waals surface area contributed by atoms with Crippen LogP contribution in [0.25, 0.3) is 0 Å². The number of halogens is 1. The van der Waals surface area contributed by atoms with Crippen LogP contribution in [0.1, 0.15) is 19.3 Å². The summed E-state index contributed by atoms with van der Waals surface area (Å²) in [6, 6.07) is 6.62. The number of ketones is 1. The summed E-state index contributed by atoms with van der Waals surface area (Å²) in [6.07, 6.45) is 1.50. The normalized spacial score (nSPS) is 21.3. The Balaban J connectivity index is 2.47. The van der Waals surface area contributed by atoms with Crippen LogP contribution in [0.3, 0.4) is 0 Å². The Morgan fingerprint density at radius 1 is 1.25 bits per heavy atom. The zero-order valence-electron chi connectivity index (χ0n) is 8.52. The molecule has 1 aromatic rings. The van der Waals surface area contributed by atoms with E-state index in [0.29, 0.717) is 23.7 Å². The number of sulfone groups is 1. The highest BCUT2D eigenvalue weighted by Gasteiger charge is 2.37. The molecule has 2 rings (SSSR count). The molecule has 0 aromatic heterocycles. The van der Waals surface area contributed by atoms with Crippen molar-refractivity contribution in [3.8, 4) is 0 Å². The fourth-order valence-corrected chi connectivity index (χ4v) is 4.76. The smallest absolute Gasteiger partial charge is 0.189 e. The van der Waals surface area contributed by atoms with E-state index in [4.69, 9.17) is 0 Å². The SMILES string of the molecule is O=C1CCCC1S(=O)(=O)c1ccccc1Br. The van der Waals surface area contributed by atoms with E-state index in [1.165, 1.54) is 6.07 Å². The third-order valence-electron chi connectivity index (χ3n) is 2.77. The van der Waals surface area contributed by atoms with E-state index in [1.54, 1.807) is 18.2 Å². The number of benzene rings is 1. The van der Waals surface area contributed by atoms with E-state index in [0.717, 1.165) is 0 Å². The zero-order valence-corrected chi connectivity index (χ0v) is 10.9. The molecule has 1 saturated carbocycles. The molecule has 5 heteroatoms. The molecule has 0 amide bonds. The zero-order chi connectivity index (χ0) is 11.8. The van der Waals surface area contributed by atoms with Gasteiger partial charge in [-0.1, -0.05) is 12.1 Å². The van der Waals surface area contributed by atoms with E-state index >= 15 is 0 Å². The van der Waals surface area contributed by atoms with Crippen LogP contribution in [0.15, 0.2) is 33.6 Å². The second-order valence-electron chi connectivity index (χ2n) is 3.82. The van der Waals surface area contributed by atoms with Gasteiger partial charge in [0.15, 0.2) is 15.6 Å². The lowest BCUT2D eigenvalue weighted by atomic mass is 10.3. The first kappa shape index (κ1) is 11.8. The van der Waals surface area contributed by atoms with E-state index < -0.39 is 15.1 Å². The second-order valence-corrected chi connectivity index (χ2v) is 6.78. The van der Waals surface area contributed by atoms with E-state index in [-0.39, 0.29) is 10.7 Å². The summed E-state index contributed by atoms with van der Waals surface area (Å²) in [7, 11) is -3.51. The molecule has 16 heavy (non-hydrogen) atoms. The molecule has 1 aromatic carbocycles. The molecule has 0 bridgehead atoms. The third-order valence-corrected chi connectivity index (χ3v) is 5.94. The van der Waals surface area contributed by atoms with Gasteiger partial charge in [-0.2, -0.15) is 0 Å². The third kappa shape index (κ3) is 1.94. The molecule has 0 aliphatic heterocycles. The number of Topliss-reactive ketones (excluding diaryl/α,β-unsaturated/α-hetero) is 1. The number of rotatable bonds is 2. The summed E-state index contributed by atoms with van der Waals surface area (Å²) < 4.78 is 25.0. The summed E-state index contributed by atoms with van der Waals surface area (Å²) in [5, 5.41) is -0.841. The average molecular weight is 303 g/mol. The minimum absolute atomic E-state index is 0.157. The molecule has 0 heterocycles. The Bertz CT molecular complexity index is 522. The average Bonchev–Trinajstić information content (AvgIpc) is 2.65. The first-order valence-electron chi connectivity index (χ1n) is 5.04. The lowest BCUT2D eigenvalue weighted by Crippen LogP contribution is -2.25. The minimum Gasteiger partial charge on any atom is -0.298 e. The van der Waals surface area contributed by atoms with Crippen molar-refractivity contribution in [2.24, 2.45) is 0 Å². The van der Waals surface area contributed by atoms with Crippen molar-refractivity contribution >= 4 is 31.6 Å². The maximum absolute atomic E-state index is 12.2. The number of carbonyl (C=O) groups excluding carboxylic acids is 1. The van der Waals surface area contributed by atoms with Gasteiger partial charge in [0.25, 0.3) is 0 Å². The molecule has 1 aliphatic rings. The molecule has 1 fully saturated rings. The molecule has 1 unspecified atom stereocenters. The molecule has 1 aliphatic carbocycles. The van der Waals surface area contributed by atoms with Gasteiger partial charge < -0.3 is 0 Å². The summed E-state index contributed by atoms with van der Waals surface area (Å²) in [4.78, 5) is 11.7. The van der Waals surface area contributed by atoms with Gasteiger partial charge >= 0.3 is 0 Å². The van der Waals surface area contributed by atoms with Crippen molar-refractivity contribution in [2.75, 3.05) is 0 Å². The summed E-state index contributed by atoms with van der Waals surface area (Å²) in [6.45, 7) is 0. The molecule has 3 nitrogen and oxygen atoms in total. The maximum Gasteiger partial charge on any atom is 0.189 e. The molecule has 86 valence electrons. The van der Waals surface area contributed by atoms with Crippen LogP contribution < -0.4 is 0 Å².